The molecule has 0 spiro atoms. The van der Waals surface area contributed by atoms with Crippen molar-refractivity contribution in [2.24, 2.45) is 0 Å². The molecule has 0 atom stereocenters. The summed E-state index contributed by atoms with van der Waals surface area (Å²) >= 11 is 1.22. The van der Waals surface area contributed by atoms with E-state index in [4.69, 9.17) is 0 Å². The molecule has 0 radical (unpaired) electrons. The van der Waals surface area contributed by atoms with E-state index < -0.39 is 17.2 Å². The molecule has 1 fully saturated rings. The molecule has 4 aromatic rings. The summed E-state index contributed by atoms with van der Waals surface area (Å²) in [6, 6.07) is 8.54. The van der Waals surface area contributed by atoms with Gasteiger partial charge in [-0.05, 0) is 38.2 Å². The molecule has 1 saturated heterocycles. The average Bonchev–Trinajstić information content (AvgIpc) is 2.95. The Morgan fingerprint density at radius 1 is 1.20 bits per heavy atom. The number of carboxylic acid groups (broad SMARTS) is 1. The Labute approximate surface area is 174 Å². The number of carbonyl (C=O) groups is 1. The fourth-order valence-corrected chi connectivity index (χ4v) is 5.25. The second-order valence-corrected chi connectivity index (χ2v) is 8.56. The van der Waals surface area contributed by atoms with Crippen molar-refractivity contribution < 1.29 is 14.3 Å². The van der Waals surface area contributed by atoms with Crippen molar-refractivity contribution in [3.8, 4) is 0 Å². The molecule has 1 aromatic carbocycles. The molecule has 4 heterocycles. The summed E-state index contributed by atoms with van der Waals surface area (Å²) in [5.41, 5.74) is -0.0382. The van der Waals surface area contributed by atoms with Gasteiger partial charge >= 0.3 is 5.97 Å². The highest BCUT2D eigenvalue weighted by molar-refractivity contribution is 7.24. The molecule has 5 rings (SSSR count). The number of likely N-dealkylation sites (N-methyl/N-ethyl adjacent to an activating group) is 1. The summed E-state index contributed by atoms with van der Waals surface area (Å²) in [7, 11) is 2.03. The molecule has 154 valence electrons. The number of halogens is 1. The molecule has 0 aliphatic carbocycles. The molecule has 0 bridgehead atoms. The maximum absolute atomic E-state index is 15.1. The number of rotatable bonds is 2. The number of carboxylic acids is 1. The summed E-state index contributed by atoms with van der Waals surface area (Å²) in [4.78, 5) is 33.9. The monoisotopic (exact) mass is 426 g/mol. The molecule has 0 saturated carbocycles. The largest absolute Gasteiger partial charge is 0.477 e. The van der Waals surface area contributed by atoms with Gasteiger partial charge in [0.05, 0.1) is 15.6 Å². The number of aromatic carboxylic acids is 1. The van der Waals surface area contributed by atoms with E-state index in [1.807, 2.05) is 36.2 Å². The van der Waals surface area contributed by atoms with Crippen molar-refractivity contribution in [1.29, 1.82) is 0 Å². The van der Waals surface area contributed by atoms with Gasteiger partial charge in [-0.1, -0.05) is 12.1 Å². The van der Waals surface area contributed by atoms with Gasteiger partial charge in [-0.2, -0.15) is 0 Å². The van der Waals surface area contributed by atoms with Crippen molar-refractivity contribution in [2.75, 3.05) is 38.1 Å². The smallest absolute Gasteiger partial charge is 0.342 e. The number of hydrogen-bond acceptors (Lipinski definition) is 6. The lowest BCUT2D eigenvalue weighted by atomic mass is 10.2. The third-order valence-corrected chi connectivity index (χ3v) is 6.73. The predicted molar refractivity (Wildman–Crippen MR) is 116 cm³/mol. The van der Waals surface area contributed by atoms with E-state index in [9.17, 15) is 14.7 Å². The molecule has 9 heteroatoms. The fourth-order valence-electron chi connectivity index (χ4n) is 4.07. The second-order valence-electron chi connectivity index (χ2n) is 7.53. The minimum atomic E-state index is -1.33. The summed E-state index contributed by atoms with van der Waals surface area (Å²) < 4.78 is 17.6. The molecule has 3 aromatic heterocycles. The topological polar surface area (TPSA) is 78.1 Å². The van der Waals surface area contributed by atoms with Gasteiger partial charge in [-0.15, -0.1) is 11.3 Å². The maximum atomic E-state index is 15.1. The van der Waals surface area contributed by atoms with Crippen LogP contribution in [0.5, 0.6) is 0 Å². The molecule has 0 unspecified atom stereocenters. The van der Waals surface area contributed by atoms with Crippen molar-refractivity contribution >= 4 is 49.2 Å². The minimum Gasteiger partial charge on any atom is -0.477 e. The fraction of sp³-hybridized carbons (Fsp3) is 0.286. The van der Waals surface area contributed by atoms with Gasteiger partial charge in [0.1, 0.15) is 10.4 Å². The van der Waals surface area contributed by atoms with Crippen LogP contribution in [0.15, 0.2) is 35.1 Å². The summed E-state index contributed by atoms with van der Waals surface area (Å²) in [5, 5.41) is 9.67. The number of hydrogen-bond donors (Lipinski definition) is 1. The van der Waals surface area contributed by atoms with E-state index in [0.717, 1.165) is 35.8 Å². The van der Waals surface area contributed by atoms with Gasteiger partial charge in [0.15, 0.2) is 17.3 Å². The Bertz CT molecular complexity index is 1380. The Balaban J connectivity index is 1.87. The number of aromatic nitrogens is 2. The van der Waals surface area contributed by atoms with E-state index in [2.05, 4.69) is 9.88 Å². The van der Waals surface area contributed by atoms with Crippen LogP contribution in [0.25, 0.3) is 26.1 Å². The zero-order valence-electron chi connectivity index (χ0n) is 16.3. The molecule has 0 amide bonds. The lowest BCUT2D eigenvalue weighted by molar-refractivity contribution is 0.0697. The van der Waals surface area contributed by atoms with Crippen molar-refractivity contribution in [3.05, 3.63) is 51.9 Å². The third kappa shape index (κ3) is 2.85. The summed E-state index contributed by atoms with van der Waals surface area (Å²) in [6.07, 6.45) is 0.879. The molecule has 1 aliphatic rings. The number of nitrogens with zero attached hydrogens (tertiary/aromatic N) is 4. The average molecular weight is 426 g/mol. The van der Waals surface area contributed by atoms with Crippen molar-refractivity contribution in [1.82, 2.24) is 14.3 Å². The highest BCUT2D eigenvalue weighted by atomic mass is 32.1. The maximum Gasteiger partial charge on any atom is 0.342 e. The van der Waals surface area contributed by atoms with Crippen LogP contribution in [0, 0.1) is 5.82 Å². The lowest BCUT2D eigenvalue weighted by Gasteiger charge is -2.22. The molecule has 1 aliphatic heterocycles. The summed E-state index contributed by atoms with van der Waals surface area (Å²) in [6.45, 7) is 3.00. The van der Waals surface area contributed by atoms with Crippen LogP contribution in [-0.4, -0.2) is 58.6 Å². The molecule has 7 nitrogen and oxygen atoms in total. The van der Waals surface area contributed by atoms with Gasteiger partial charge < -0.3 is 14.9 Å². The number of thiazole rings is 1. The van der Waals surface area contributed by atoms with Gasteiger partial charge in [-0.25, -0.2) is 14.2 Å². The highest BCUT2D eigenvalue weighted by Crippen LogP contribution is 2.32. The molecule has 1 N–H and O–H groups in total. The number of para-hydroxylation sites is 1. The van der Waals surface area contributed by atoms with Crippen LogP contribution < -0.4 is 10.3 Å². The Hall–Kier alpha value is -3.04. The van der Waals surface area contributed by atoms with Crippen LogP contribution in [0.3, 0.4) is 0 Å². The first-order chi connectivity index (χ1) is 14.5. The standard InChI is InChI=1S/C21H19FN4O3S/c1-24-7-4-8-25(10-9-24)19-13(22)11-12-17(27)16(21(28)29)20-26(18(12)23-19)14-5-2-3-6-15(14)30-20/h2-3,5-6,11H,4,7-10H2,1H3,(H,28,29). The quantitative estimate of drug-likeness (QED) is 0.531. The van der Waals surface area contributed by atoms with Gasteiger partial charge in [0.25, 0.3) is 0 Å². The SMILES string of the molecule is CN1CCCN(c2nc3c(cc2F)c(=O)c(C(=O)O)c2sc4ccccc4n23)CC1. The first-order valence-corrected chi connectivity index (χ1v) is 10.5. The molecule has 30 heavy (non-hydrogen) atoms. The zero-order chi connectivity index (χ0) is 21.0. The van der Waals surface area contributed by atoms with Crippen LogP contribution in [0.2, 0.25) is 0 Å². The third-order valence-electron chi connectivity index (χ3n) is 5.58. The van der Waals surface area contributed by atoms with Crippen LogP contribution in [0.1, 0.15) is 16.8 Å². The molecular weight excluding hydrogens is 407 g/mol. The second kappa shape index (κ2) is 7.03. The minimum absolute atomic E-state index is 0.0263. The lowest BCUT2D eigenvalue weighted by Crippen LogP contribution is -2.30. The van der Waals surface area contributed by atoms with Crippen molar-refractivity contribution in [2.45, 2.75) is 6.42 Å². The number of benzene rings is 1. The Kier molecular flexibility index (Phi) is 4.44. The van der Waals surface area contributed by atoms with Crippen LogP contribution in [0.4, 0.5) is 10.2 Å². The van der Waals surface area contributed by atoms with E-state index in [1.54, 1.807) is 4.40 Å². The zero-order valence-corrected chi connectivity index (χ0v) is 17.1. The van der Waals surface area contributed by atoms with E-state index in [0.29, 0.717) is 17.9 Å². The number of fused-ring (bicyclic) bond motifs is 5. The first-order valence-electron chi connectivity index (χ1n) is 9.69. The normalized spacial score (nSPS) is 15.9. The number of anilines is 1. The van der Waals surface area contributed by atoms with Gasteiger partial charge in [-0.3, -0.25) is 9.20 Å². The van der Waals surface area contributed by atoms with Gasteiger partial charge in [0.2, 0.25) is 5.43 Å². The molecular formula is C21H19FN4O3S. The predicted octanol–water partition coefficient (Wildman–Crippen LogP) is 3.04. The highest BCUT2D eigenvalue weighted by Gasteiger charge is 2.25. The van der Waals surface area contributed by atoms with Gasteiger partial charge in [0, 0.05) is 19.6 Å². The Morgan fingerprint density at radius 2 is 2.00 bits per heavy atom. The van der Waals surface area contributed by atoms with Crippen LogP contribution >= 0.6 is 11.3 Å². The van der Waals surface area contributed by atoms with E-state index in [1.165, 1.54) is 11.3 Å². The van der Waals surface area contributed by atoms with E-state index in [-0.39, 0.29) is 22.4 Å². The van der Waals surface area contributed by atoms with E-state index >= 15 is 4.39 Å². The Morgan fingerprint density at radius 3 is 2.80 bits per heavy atom. The number of pyridine rings is 2. The summed E-state index contributed by atoms with van der Waals surface area (Å²) in [5.74, 6) is -1.74. The van der Waals surface area contributed by atoms with Crippen molar-refractivity contribution in [3.63, 3.8) is 0 Å². The first kappa shape index (κ1) is 19.0. The van der Waals surface area contributed by atoms with Crippen LogP contribution in [-0.2, 0) is 0 Å².